The number of carbonyl (C=O) groups excluding carboxylic acids is 4. The second-order valence-electron chi connectivity index (χ2n) is 32.2. The topological polar surface area (TPSA) is 237 Å². The van der Waals surface area contributed by atoms with Crippen molar-refractivity contribution in [1.29, 1.82) is 0 Å². The summed E-state index contributed by atoms with van der Waals surface area (Å²) in [5.41, 5.74) is 0. The summed E-state index contributed by atoms with van der Waals surface area (Å²) in [7, 11) is -9.93. The minimum atomic E-state index is -4.97. The Kier molecular flexibility index (Phi) is 76.9. The quantitative estimate of drug-likeness (QED) is 0.0222. The third kappa shape index (κ3) is 80.1. The zero-order chi connectivity index (χ0) is 77.8. The van der Waals surface area contributed by atoms with Crippen molar-refractivity contribution in [2.45, 2.75) is 484 Å². The molecule has 0 spiro atoms. The number of hydrogen-bond acceptors (Lipinski definition) is 15. The van der Waals surface area contributed by atoms with Crippen LogP contribution in [-0.2, 0) is 65.4 Å². The summed E-state index contributed by atoms with van der Waals surface area (Å²) in [6.45, 7) is 9.63. The van der Waals surface area contributed by atoms with Gasteiger partial charge in [-0.1, -0.05) is 414 Å². The number of aliphatic hydroxyl groups is 1. The van der Waals surface area contributed by atoms with Crippen molar-refractivity contribution < 1.29 is 80.2 Å². The summed E-state index contributed by atoms with van der Waals surface area (Å²) in [5.74, 6) is -0.604. The molecule has 0 bridgehead atoms. The van der Waals surface area contributed by atoms with Gasteiger partial charge in [0, 0.05) is 25.7 Å². The highest BCUT2D eigenvalue weighted by Crippen LogP contribution is 2.45. The highest BCUT2D eigenvalue weighted by atomic mass is 31.2. The first kappa shape index (κ1) is 104. The van der Waals surface area contributed by atoms with Crippen LogP contribution in [0.4, 0.5) is 0 Å². The van der Waals surface area contributed by atoms with Gasteiger partial charge in [0.2, 0.25) is 0 Å². The Hall–Kier alpha value is -1.94. The summed E-state index contributed by atoms with van der Waals surface area (Å²) < 4.78 is 68.9. The lowest BCUT2D eigenvalue weighted by Crippen LogP contribution is -2.30. The highest BCUT2D eigenvalue weighted by Gasteiger charge is 2.30. The second-order valence-corrected chi connectivity index (χ2v) is 35.1. The van der Waals surface area contributed by atoms with E-state index in [0.717, 1.165) is 102 Å². The van der Waals surface area contributed by atoms with Gasteiger partial charge < -0.3 is 33.8 Å². The fourth-order valence-electron chi connectivity index (χ4n) is 13.6. The number of hydrogen-bond donors (Lipinski definition) is 3. The van der Waals surface area contributed by atoms with Gasteiger partial charge in [0.1, 0.15) is 19.3 Å². The molecule has 0 rings (SSSR count). The summed E-state index contributed by atoms with van der Waals surface area (Å²) in [5, 5.41) is 10.7. The third-order valence-electron chi connectivity index (χ3n) is 20.5. The van der Waals surface area contributed by atoms with Crippen molar-refractivity contribution in [2.75, 3.05) is 39.6 Å². The lowest BCUT2D eigenvalue weighted by molar-refractivity contribution is -0.161. The zero-order valence-electron chi connectivity index (χ0n) is 69.7. The van der Waals surface area contributed by atoms with Crippen LogP contribution in [0.25, 0.3) is 0 Å². The molecule has 0 aliphatic heterocycles. The first-order valence-electron chi connectivity index (χ1n) is 45.0. The largest absolute Gasteiger partial charge is 0.472 e. The van der Waals surface area contributed by atoms with E-state index in [9.17, 15) is 43.2 Å². The predicted molar refractivity (Wildman–Crippen MR) is 437 cm³/mol. The molecule has 0 aliphatic rings. The molecule has 17 nitrogen and oxygen atoms in total. The second kappa shape index (κ2) is 78.3. The molecule has 0 aliphatic carbocycles. The molecule has 19 heteroatoms. The molecule has 630 valence electrons. The molecular weight excluding hydrogens is 1380 g/mol. The van der Waals surface area contributed by atoms with Crippen LogP contribution in [0.1, 0.15) is 465 Å². The Morgan fingerprint density at radius 2 is 0.434 bits per heavy atom. The first-order chi connectivity index (χ1) is 51.4. The van der Waals surface area contributed by atoms with Crippen molar-refractivity contribution in [2.24, 2.45) is 11.8 Å². The molecule has 106 heavy (non-hydrogen) atoms. The van der Waals surface area contributed by atoms with Gasteiger partial charge >= 0.3 is 39.5 Å². The number of unbranched alkanes of at least 4 members (excludes halogenated alkanes) is 56. The molecule has 2 unspecified atom stereocenters. The lowest BCUT2D eigenvalue weighted by Gasteiger charge is -2.21. The maximum absolute atomic E-state index is 13.2. The Labute approximate surface area is 651 Å². The van der Waals surface area contributed by atoms with Gasteiger partial charge in [-0.05, 0) is 37.5 Å². The van der Waals surface area contributed by atoms with Crippen LogP contribution in [0.5, 0.6) is 0 Å². The van der Waals surface area contributed by atoms with E-state index in [2.05, 4.69) is 41.5 Å². The third-order valence-corrected chi connectivity index (χ3v) is 22.4. The average molecular weight is 1550 g/mol. The summed E-state index contributed by atoms with van der Waals surface area (Å²) in [4.78, 5) is 73.2. The van der Waals surface area contributed by atoms with Gasteiger partial charge in [-0.3, -0.25) is 37.3 Å². The number of rotatable bonds is 86. The SMILES string of the molecule is CCCCCCCCCCCCCCCCCCCCCCC(=O)OC[C@H](COP(=O)(O)OC[C@@H](O)COP(=O)(O)OC[C@@H](COC(=O)CCCCCCCCC(C)C)OC(=O)CCCCCCCCCCCCCCCCCC)OC(=O)CCCCCCCCCCCCCCCCCCCCC(C)C. The first-order valence-corrected chi connectivity index (χ1v) is 48.0. The Morgan fingerprint density at radius 1 is 0.255 bits per heavy atom. The van der Waals surface area contributed by atoms with Crippen molar-refractivity contribution in [3.05, 3.63) is 0 Å². The van der Waals surface area contributed by atoms with E-state index >= 15 is 0 Å². The fraction of sp³-hybridized carbons (Fsp3) is 0.954. The van der Waals surface area contributed by atoms with Crippen LogP contribution in [-0.4, -0.2) is 96.7 Å². The number of phosphoric ester groups is 2. The molecule has 0 saturated carbocycles. The van der Waals surface area contributed by atoms with E-state index in [4.69, 9.17) is 37.0 Å². The fourth-order valence-corrected chi connectivity index (χ4v) is 15.2. The number of esters is 4. The van der Waals surface area contributed by atoms with Crippen LogP contribution in [0.2, 0.25) is 0 Å². The normalized spacial score (nSPS) is 13.8. The number of aliphatic hydroxyl groups excluding tert-OH is 1. The molecule has 3 N–H and O–H groups in total. The number of ether oxygens (including phenoxy) is 4. The van der Waals surface area contributed by atoms with E-state index < -0.39 is 97.5 Å². The predicted octanol–water partition coefficient (Wildman–Crippen LogP) is 26.6. The zero-order valence-corrected chi connectivity index (χ0v) is 71.5. The molecule has 0 fully saturated rings. The molecule has 0 aromatic carbocycles. The molecule has 0 radical (unpaired) electrons. The molecular formula is C87H170O17P2. The summed E-state index contributed by atoms with van der Waals surface area (Å²) >= 11 is 0. The van der Waals surface area contributed by atoms with Gasteiger partial charge in [-0.15, -0.1) is 0 Å². The highest BCUT2D eigenvalue weighted by molar-refractivity contribution is 7.47. The van der Waals surface area contributed by atoms with Gasteiger partial charge in [0.05, 0.1) is 26.4 Å². The van der Waals surface area contributed by atoms with E-state index in [1.165, 1.54) is 276 Å². The van der Waals surface area contributed by atoms with Crippen LogP contribution < -0.4 is 0 Å². The number of phosphoric acid groups is 2. The molecule has 0 aromatic heterocycles. The summed E-state index contributed by atoms with van der Waals surface area (Å²) in [6, 6.07) is 0. The molecule has 5 atom stereocenters. The van der Waals surface area contributed by atoms with Crippen molar-refractivity contribution >= 4 is 39.5 Å². The van der Waals surface area contributed by atoms with E-state index in [1.54, 1.807) is 0 Å². The van der Waals surface area contributed by atoms with Crippen molar-refractivity contribution in [3.63, 3.8) is 0 Å². The smallest absolute Gasteiger partial charge is 0.462 e. The molecule has 0 aromatic rings. The Bertz CT molecular complexity index is 2030. The average Bonchev–Trinajstić information content (AvgIpc) is 0.924. The molecule has 0 amide bonds. The maximum atomic E-state index is 13.2. The van der Waals surface area contributed by atoms with Crippen LogP contribution in [0.3, 0.4) is 0 Å². The molecule has 0 saturated heterocycles. The van der Waals surface area contributed by atoms with Gasteiger partial charge in [0.15, 0.2) is 12.2 Å². The van der Waals surface area contributed by atoms with Crippen molar-refractivity contribution in [3.8, 4) is 0 Å². The standard InChI is InChI=1S/C87H170O17P2/c1-7-9-11-13-15-17-19-21-23-25-26-27-31-35-38-42-46-50-57-63-69-84(89)97-75-82(103-86(91)71-66-60-52-48-44-40-36-32-29-28-30-33-37-41-45-49-55-61-67-79(3)4)77-101-105(93,94)99-73-81(88)74-100-106(95,96)102-78-83(76-98-85(90)70-64-58-54-53-56-62-68-80(5)6)104-87(92)72-65-59-51-47-43-39-34-24-22-20-18-16-14-12-10-8-2/h79-83,88H,7-78H2,1-6H3,(H,93,94)(H,95,96)/t81-,82-,83-/m1/s1. The van der Waals surface area contributed by atoms with Gasteiger partial charge in [-0.25, -0.2) is 9.13 Å². The van der Waals surface area contributed by atoms with Gasteiger partial charge in [0.25, 0.3) is 0 Å². The van der Waals surface area contributed by atoms with Gasteiger partial charge in [-0.2, -0.15) is 0 Å². The number of carbonyl (C=O) groups is 4. The van der Waals surface area contributed by atoms with E-state index in [0.29, 0.717) is 31.6 Å². The monoisotopic (exact) mass is 1550 g/mol. The lowest BCUT2D eigenvalue weighted by atomic mass is 10.0. The Morgan fingerprint density at radius 3 is 0.642 bits per heavy atom. The van der Waals surface area contributed by atoms with Crippen LogP contribution in [0.15, 0.2) is 0 Å². The Balaban J connectivity index is 5.20. The minimum absolute atomic E-state index is 0.108. The molecule has 0 heterocycles. The van der Waals surface area contributed by atoms with E-state index in [1.807, 2.05) is 0 Å². The van der Waals surface area contributed by atoms with Crippen LogP contribution in [0, 0.1) is 11.8 Å². The van der Waals surface area contributed by atoms with E-state index in [-0.39, 0.29) is 25.7 Å². The van der Waals surface area contributed by atoms with Crippen LogP contribution >= 0.6 is 15.6 Å². The minimum Gasteiger partial charge on any atom is -0.462 e. The maximum Gasteiger partial charge on any atom is 0.472 e. The van der Waals surface area contributed by atoms with Crippen molar-refractivity contribution in [1.82, 2.24) is 0 Å². The summed E-state index contributed by atoms with van der Waals surface area (Å²) in [6.07, 6.45) is 71.1.